The summed E-state index contributed by atoms with van der Waals surface area (Å²) in [6.45, 7) is 1.03. The van der Waals surface area contributed by atoms with Crippen molar-refractivity contribution >= 4 is 5.97 Å². The number of rotatable bonds is 7. The van der Waals surface area contributed by atoms with Crippen molar-refractivity contribution in [1.29, 1.82) is 0 Å². The summed E-state index contributed by atoms with van der Waals surface area (Å²) < 4.78 is 35.6. The van der Waals surface area contributed by atoms with Crippen LogP contribution in [-0.4, -0.2) is 23.8 Å². The molecule has 0 aliphatic rings. The highest BCUT2D eigenvalue weighted by Gasteiger charge is 2.25. The van der Waals surface area contributed by atoms with Crippen molar-refractivity contribution in [3.05, 3.63) is 35.4 Å². The fourth-order valence-corrected chi connectivity index (χ4v) is 1.57. The zero-order valence-electron chi connectivity index (χ0n) is 10.3. The average molecular weight is 275 g/mol. The Balaban J connectivity index is 2.17. The molecule has 19 heavy (non-hydrogen) atoms. The molecule has 0 radical (unpaired) electrons. The van der Waals surface area contributed by atoms with E-state index in [1.807, 2.05) is 0 Å². The quantitative estimate of drug-likeness (QED) is 0.751. The van der Waals surface area contributed by atoms with Gasteiger partial charge in [-0.25, -0.2) is 4.79 Å². The van der Waals surface area contributed by atoms with E-state index in [9.17, 15) is 18.0 Å². The summed E-state index contributed by atoms with van der Waals surface area (Å²) in [6, 6.07) is 6.38. The number of carboxylic acids is 1. The average Bonchev–Trinajstić information content (AvgIpc) is 2.33. The highest BCUT2D eigenvalue weighted by atomic mass is 19.4. The molecule has 3 nitrogen and oxygen atoms in total. The van der Waals surface area contributed by atoms with E-state index in [0.29, 0.717) is 19.5 Å². The summed E-state index contributed by atoms with van der Waals surface area (Å²) in [5, 5.41) is 11.7. The maximum absolute atomic E-state index is 11.9. The smallest absolute Gasteiger partial charge is 0.389 e. The summed E-state index contributed by atoms with van der Waals surface area (Å²) >= 11 is 0. The SMILES string of the molecule is O=C(O)c1ccc(CNCCCCC(F)(F)F)cc1. The third kappa shape index (κ3) is 6.81. The first kappa shape index (κ1) is 15.5. The van der Waals surface area contributed by atoms with Gasteiger partial charge in [0, 0.05) is 13.0 Å². The molecule has 0 unspecified atom stereocenters. The van der Waals surface area contributed by atoms with E-state index >= 15 is 0 Å². The number of nitrogens with one attached hydrogen (secondary N) is 1. The number of benzene rings is 1. The molecule has 0 atom stereocenters. The second-order valence-electron chi connectivity index (χ2n) is 4.25. The zero-order valence-corrected chi connectivity index (χ0v) is 10.3. The van der Waals surface area contributed by atoms with Gasteiger partial charge in [0.1, 0.15) is 0 Å². The van der Waals surface area contributed by atoms with Gasteiger partial charge in [-0.15, -0.1) is 0 Å². The minimum Gasteiger partial charge on any atom is -0.478 e. The maximum atomic E-state index is 11.9. The highest BCUT2D eigenvalue weighted by Crippen LogP contribution is 2.21. The van der Waals surface area contributed by atoms with Crippen molar-refractivity contribution in [2.24, 2.45) is 0 Å². The van der Waals surface area contributed by atoms with Crippen molar-refractivity contribution in [3.63, 3.8) is 0 Å². The molecular weight excluding hydrogens is 259 g/mol. The molecule has 0 saturated carbocycles. The lowest BCUT2D eigenvalue weighted by atomic mass is 10.1. The second kappa shape index (κ2) is 7.13. The van der Waals surface area contributed by atoms with Crippen LogP contribution in [0.1, 0.15) is 35.2 Å². The third-order valence-corrected chi connectivity index (χ3v) is 2.59. The predicted molar refractivity (Wildman–Crippen MR) is 65.0 cm³/mol. The van der Waals surface area contributed by atoms with E-state index in [1.54, 1.807) is 12.1 Å². The van der Waals surface area contributed by atoms with Crippen LogP contribution in [0.15, 0.2) is 24.3 Å². The van der Waals surface area contributed by atoms with E-state index in [2.05, 4.69) is 5.32 Å². The minimum atomic E-state index is -4.08. The molecule has 1 aromatic rings. The summed E-state index contributed by atoms with van der Waals surface area (Å²) in [6.07, 6.45) is -4.24. The van der Waals surface area contributed by atoms with Crippen molar-refractivity contribution in [1.82, 2.24) is 5.32 Å². The van der Waals surface area contributed by atoms with Gasteiger partial charge < -0.3 is 10.4 Å². The molecule has 0 aliphatic carbocycles. The molecule has 0 spiro atoms. The number of hydrogen-bond acceptors (Lipinski definition) is 2. The van der Waals surface area contributed by atoms with Gasteiger partial charge in [0.2, 0.25) is 0 Å². The zero-order chi connectivity index (χ0) is 14.3. The Hall–Kier alpha value is -1.56. The first-order valence-electron chi connectivity index (χ1n) is 5.98. The molecule has 1 aromatic carbocycles. The number of hydrogen-bond donors (Lipinski definition) is 2. The van der Waals surface area contributed by atoms with Crippen molar-refractivity contribution in [2.75, 3.05) is 6.54 Å². The Bertz CT molecular complexity index is 401. The van der Waals surface area contributed by atoms with Crippen LogP contribution in [0.5, 0.6) is 0 Å². The molecule has 106 valence electrons. The van der Waals surface area contributed by atoms with Gasteiger partial charge in [-0.2, -0.15) is 13.2 Å². The van der Waals surface area contributed by atoms with Gasteiger partial charge in [-0.05, 0) is 37.1 Å². The summed E-state index contributed by atoms with van der Waals surface area (Å²) in [4.78, 5) is 10.6. The van der Waals surface area contributed by atoms with Gasteiger partial charge in [-0.3, -0.25) is 0 Å². The molecule has 0 bridgehead atoms. The lowest BCUT2D eigenvalue weighted by molar-refractivity contribution is -0.135. The fourth-order valence-electron chi connectivity index (χ4n) is 1.57. The van der Waals surface area contributed by atoms with Crippen LogP contribution in [0.4, 0.5) is 13.2 Å². The van der Waals surface area contributed by atoms with E-state index in [4.69, 9.17) is 5.11 Å². The fraction of sp³-hybridized carbons (Fsp3) is 0.462. The Morgan fingerprint density at radius 1 is 1.16 bits per heavy atom. The third-order valence-electron chi connectivity index (χ3n) is 2.59. The van der Waals surface area contributed by atoms with Crippen LogP contribution in [0.25, 0.3) is 0 Å². The molecule has 0 amide bonds. The summed E-state index contributed by atoms with van der Waals surface area (Å²) in [5.41, 5.74) is 1.12. The van der Waals surface area contributed by atoms with Gasteiger partial charge in [0.05, 0.1) is 5.56 Å². The normalized spacial score (nSPS) is 11.5. The standard InChI is InChI=1S/C13H16F3NO2/c14-13(15,16)7-1-2-8-17-9-10-3-5-11(6-4-10)12(18)19/h3-6,17H,1-2,7-9H2,(H,18,19). The van der Waals surface area contributed by atoms with Crippen LogP contribution in [0, 0.1) is 0 Å². The van der Waals surface area contributed by atoms with Crippen LogP contribution in [-0.2, 0) is 6.54 Å². The molecule has 0 saturated heterocycles. The number of carboxylic acid groups (broad SMARTS) is 1. The van der Waals surface area contributed by atoms with Crippen molar-refractivity contribution < 1.29 is 23.1 Å². The van der Waals surface area contributed by atoms with Crippen LogP contribution in [0.2, 0.25) is 0 Å². The summed E-state index contributed by atoms with van der Waals surface area (Å²) in [7, 11) is 0. The lowest BCUT2D eigenvalue weighted by Crippen LogP contribution is -2.16. The molecule has 0 fully saturated rings. The molecule has 0 aliphatic heterocycles. The predicted octanol–water partition coefficient (Wildman–Crippen LogP) is 3.21. The molecule has 0 aromatic heterocycles. The Labute approximate surface area is 109 Å². The molecule has 6 heteroatoms. The number of halogens is 3. The monoisotopic (exact) mass is 275 g/mol. The summed E-state index contributed by atoms with van der Waals surface area (Å²) in [5.74, 6) is -0.980. The highest BCUT2D eigenvalue weighted by molar-refractivity contribution is 5.87. The van der Waals surface area contributed by atoms with Crippen molar-refractivity contribution in [3.8, 4) is 0 Å². The van der Waals surface area contributed by atoms with E-state index in [1.165, 1.54) is 12.1 Å². The molecule has 0 heterocycles. The van der Waals surface area contributed by atoms with Crippen LogP contribution < -0.4 is 5.32 Å². The Morgan fingerprint density at radius 2 is 1.79 bits per heavy atom. The second-order valence-corrected chi connectivity index (χ2v) is 4.25. The Morgan fingerprint density at radius 3 is 2.32 bits per heavy atom. The number of alkyl halides is 3. The van der Waals surface area contributed by atoms with E-state index < -0.39 is 18.6 Å². The van der Waals surface area contributed by atoms with E-state index in [0.717, 1.165) is 5.56 Å². The minimum absolute atomic E-state index is 0.119. The number of aromatic carboxylic acids is 1. The van der Waals surface area contributed by atoms with E-state index in [-0.39, 0.29) is 12.0 Å². The first-order chi connectivity index (χ1) is 8.88. The maximum Gasteiger partial charge on any atom is 0.389 e. The molecule has 1 rings (SSSR count). The van der Waals surface area contributed by atoms with Gasteiger partial charge in [0.15, 0.2) is 0 Å². The van der Waals surface area contributed by atoms with Crippen LogP contribution >= 0.6 is 0 Å². The van der Waals surface area contributed by atoms with Gasteiger partial charge in [0.25, 0.3) is 0 Å². The molecular formula is C13H16F3NO2. The molecule has 2 N–H and O–H groups in total. The number of unbranched alkanes of at least 4 members (excludes halogenated alkanes) is 1. The Kier molecular flexibility index (Phi) is 5.82. The van der Waals surface area contributed by atoms with Crippen LogP contribution in [0.3, 0.4) is 0 Å². The topological polar surface area (TPSA) is 49.3 Å². The lowest BCUT2D eigenvalue weighted by Gasteiger charge is -2.07. The largest absolute Gasteiger partial charge is 0.478 e. The number of carbonyl (C=O) groups is 1. The first-order valence-corrected chi connectivity index (χ1v) is 5.98. The van der Waals surface area contributed by atoms with Gasteiger partial charge in [-0.1, -0.05) is 12.1 Å². The van der Waals surface area contributed by atoms with Crippen molar-refractivity contribution in [2.45, 2.75) is 32.0 Å². The van der Waals surface area contributed by atoms with Gasteiger partial charge >= 0.3 is 12.1 Å².